The third kappa shape index (κ3) is 2.28. The first-order chi connectivity index (χ1) is 9.81. The molecule has 0 radical (unpaired) electrons. The van der Waals surface area contributed by atoms with Gasteiger partial charge in [-0.3, -0.25) is 4.68 Å². The Bertz CT molecular complexity index is 715. The van der Waals surface area contributed by atoms with Crippen LogP contribution >= 0.6 is 0 Å². The zero-order valence-corrected chi connectivity index (χ0v) is 11.4. The lowest BCUT2D eigenvalue weighted by molar-refractivity contribution is 0.272. The van der Waals surface area contributed by atoms with Gasteiger partial charge in [0.2, 0.25) is 0 Å². The van der Waals surface area contributed by atoms with E-state index in [1.54, 1.807) is 6.20 Å². The Morgan fingerprint density at radius 3 is 2.95 bits per heavy atom. The fraction of sp³-hybridized carbons (Fsp3) is 0.267. The lowest BCUT2D eigenvalue weighted by Crippen LogP contribution is -2.02. The zero-order chi connectivity index (χ0) is 13.9. The first-order valence-electron chi connectivity index (χ1n) is 6.66. The van der Waals surface area contributed by atoms with Gasteiger partial charge in [0.1, 0.15) is 18.0 Å². The molecule has 0 aliphatic heterocycles. The van der Waals surface area contributed by atoms with E-state index in [0.29, 0.717) is 13.2 Å². The molecule has 0 amide bonds. The van der Waals surface area contributed by atoms with Gasteiger partial charge >= 0.3 is 0 Å². The number of aromatic nitrogens is 2. The standard InChI is InChI=1S/C15H17N3O2/c1-2-18-9-11(8-17-18)19-10-15-13(7-16)12-5-3-4-6-14(12)20-15/h3-6,8-9H,2,7,10,16H2,1H3. The minimum absolute atomic E-state index is 0.358. The number of furan rings is 1. The fourth-order valence-corrected chi connectivity index (χ4v) is 2.23. The summed E-state index contributed by atoms with van der Waals surface area (Å²) >= 11 is 0. The highest BCUT2D eigenvalue weighted by Crippen LogP contribution is 2.26. The molecular formula is C15H17N3O2. The second-order valence-corrected chi connectivity index (χ2v) is 4.52. The van der Waals surface area contributed by atoms with Crippen LogP contribution in [0.2, 0.25) is 0 Å². The molecule has 0 atom stereocenters. The van der Waals surface area contributed by atoms with Gasteiger partial charge in [0.25, 0.3) is 0 Å². The quantitative estimate of drug-likeness (QED) is 0.774. The molecule has 0 saturated heterocycles. The van der Waals surface area contributed by atoms with Crippen molar-refractivity contribution in [3.63, 3.8) is 0 Å². The van der Waals surface area contributed by atoms with Crippen molar-refractivity contribution in [1.29, 1.82) is 0 Å². The molecule has 2 heterocycles. The molecule has 3 aromatic rings. The molecular weight excluding hydrogens is 254 g/mol. The zero-order valence-electron chi connectivity index (χ0n) is 11.4. The van der Waals surface area contributed by atoms with Crippen LogP contribution in [0.15, 0.2) is 41.1 Å². The third-order valence-electron chi connectivity index (χ3n) is 3.29. The second kappa shape index (κ2) is 5.38. The first kappa shape index (κ1) is 12.7. The van der Waals surface area contributed by atoms with E-state index in [1.807, 2.05) is 42.1 Å². The number of aryl methyl sites for hydroxylation is 1. The normalized spacial score (nSPS) is 11.1. The van der Waals surface area contributed by atoms with Crippen LogP contribution in [0.1, 0.15) is 18.2 Å². The molecule has 0 aliphatic rings. The lowest BCUT2D eigenvalue weighted by atomic mass is 10.1. The fourth-order valence-electron chi connectivity index (χ4n) is 2.23. The van der Waals surface area contributed by atoms with E-state index in [-0.39, 0.29) is 0 Å². The number of ether oxygens (including phenoxy) is 1. The maximum Gasteiger partial charge on any atom is 0.157 e. The van der Waals surface area contributed by atoms with Gasteiger partial charge in [-0.1, -0.05) is 18.2 Å². The summed E-state index contributed by atoms with van der Waals surface area (Å²) in [6.45, 7) is 3.64. The van der Waals surface area contributed by atoms with Crippen molar-refractivity contribution in [3.05, 3.63) is 48.0 Å². The molecule has 3 rings (SSSR count). The van der Waals surface area contributed by atoms with Crippen molar-refractivity contribution in [1.82, 2.24) is 9.78 Å². The highest BCUT2D eigenvalue weighted by molar-refractivity contribution is 5.82. The topological polar surface area (TPSA) is 66.2 Å². The molecule has 0 unspecified atom stereocenters. The van der Waals surface area contributed by atoms with Crippen molar-refractivity contribution in [2.75, 3.05) is 0 Å². The summed E-state index contributed by atoms with van der Waals surface area (Å²) < 4.78 is 13.3. The number of para-hydroxylation sites is 1. The van der Waals surface area contributed by atoms with Crippen LogP contribution in [0.3, 0.4) is 0 Å². The van der Waals surface area contributed by atoms with Crippen molar-refractivity contribution in [3.8, 4) is 5.75 Å². The Kier molecular flexibility index (Phi) is 3.43. The van der Waals surface area contributed by atoms with Gasteiger partial charge in [0.15, 0.2) is 5.75 Å². The smallest absolute Gasteiger partial charge is 0.157 e. The van der Waals surface area contributed by atoms with E-state index >= 15 is 0 Å². The van der Waals surface area contributed by atoms with E-state index < -0.39 is 0 Å². The van der Waals surface area contributed by atoms with Gasteiger partial charge in [-0.25, -0.2) is 0 Å². The van der Waals surface area contributed by atoms with Crippen LogP contribution in [-0.2, 0) is 19.7 Å². The van der Waals surface area contributed by atoms with Gasteiger partial charge in [-0.05, 0) is 13.0 Å². The molecule has 0 aliphatic carbocycles. The summed E-state index contributed by atoms with van der Waals surface area (Å²) in [4.78, 5) is 0. The second-order valence-electron chi connectivity index (χ2n) is 4.52. The summed E-state index contributed by atoms with van der Waals surface area (Å²) in [7, 11) is 0. The molecule has 2 aromatic heterocycles. The van der Waals surface area contributed by atoms with Gasteiger partial charge in [0, 0.05) is 24.0 Å². The third-order valence-corrected chi connectivity index (χ3v) is 3.29. The number of benzene rings is 1. The minimum Gasteiger partial charge on any atom is -0.482 e. The summed E-state index contributed by atoms with van der Waals surface area (Å²) in [5, 5.41) is 5.22. The molecule has 2 N–H and O–H groups in total. The average molecular weight is 271 g/mol. The number of nitrogens with zero attached hydrogens (tertiary/aromatic N) is 2. The van der Waals surface area contributed by atoms with Crippen LogP contribution < -0.4 is 10.5 Å². The number of nitrogens with two attached hydrogens (primary N) is 1. The first-order valence-corrected chi connectivity index (χ1v) is 6.66. The van der Waals surface area contributed by atoms with Crippen molar-refractivity contribution in [2.24, 2.45) is 5.73 Å². The number of hydrogen-bond donors (Lipinski definition) is 1. The van der Waals surface area contributed by atoms with Crippen molar-refractivity contribution < 1.29 is 9.15 Å². The van der Waals surface area contributed by atoms with Gasteiger partial charge in [-0.2, -0.15) is 5.10 Å². The molecule has 0 bridgehead atoms. The molecule has 0 saturated carbocycles. The predicted octanol–water partition coefficient (Wildman–Crippen LogP) is 2.69. The maximum atomic E-state index is 5.82. The van der Waals surface area contributed by atoms with Crippen LogP contribution in [-0.4, -0.2) is 9.78 Å². The minimum atomic E-state index is 0.358. The molecule has 1 aromatic carbocycles. The number of rotatable bonds is 5. The monoisotopic (exact) mass is 271 g/mol. The Labute approximate surface area is 116 Å². The van der Waals surface area contributed by atoms with E-state index in [2.05, 4.69) is 5.10 Å². The summed E-state index contributed by atoms with van der Waals surface area (Å²) in [5.74, 6) is 1.51. The van der Waals surface area contributed by atoms with Crippen LogP contribution in [0.4, 0.5) is 0 Å². The Balaban J connectivity index is 1.83. The van der Waals surface area contributed by atoms with E-state index in [4.69, 9.17) is 14.9 Å². The van der Waals surface area contributed by atoms with Gasteiger partial charge < -0.3 is 14.9 Å². The summed E-state index contributed by atoms with van der Waals surface area (Å²) in [6.07, 6.45) is 3.57. The molecule has 0 spiro atoms. The van der Waals surface area contributed by atoms with Gasteiger partial charge in [0.05, 0.1) is 12.4 Å². The Hall–Kier alpha value is -2.27. The SMILES string of the molecule is CCn1cc(OCc2oc3ccccc3c2CN)cn1. The largest absolute Gasteiger partial charge is 0.482 e. The predicted molar refractivity (Wildman–Crippen MR) is 76.3 cm³/mol. The Morgan fingerprint density at radius 2 is 2.20 bits per heavy atom. The van der Waals surface area contributed by atoms with Crippen LogP contribution in [0.25, 0.3) is 11.0 Å². The summed E-state index contributed by atoms with van der Waals surface area (Å²) in [6, 6.07) is 7.88. The highest BCUT2D eigenvalue weighted by Gasteiger charge is 2.13. The van der Waals surface area contributed by atoms with Gasteiger partial charge in [-0.15, -0.1) is 0 Å². The van der Waals surface area contributed by atoms with E-state index in [0.717, 1.165) is 34.6 Å². The molecule has 0 fully saturated rings. The highest BCUT2D eigenvalue weighted by atomic mass is 16.5. The van der Waals surface area contributed by atoms with Crippen molar-refractivity contribution in [2.45, 2.75) is 26.6 Å². The summed E-state index contributed by atoms with van der Waals surface area (Å²) in [5.41, 5.74) is 7.67. The van der Waals surface area contributed by atoms with Crippen LogP contribution in [0.5, 0.6) is 5.75 Å². The number of fused-ring (bicyclic) bond motifs is 1. The maximum absolute atomic E-state index is 5.82. The van der Waals surface area contributed by atoms with Crippen molar-refractivity contribution >= 4 is 11.0 Å². The Morgan fingerprint density at radius 1 is 1.35 bits per heavy atom. The molecule has 104 valence electrons. The molecule has 5 nitrogen and oxygen atoms in total. The molecule has 5 heteroatoms. The lowest BCUT2D eigenvalue weighted by Gasteiger charge is -2.02. The van der Waals surface area contributed by atoms with Crippen LogP contribution in [0, 0.1) is 0 Å². The van der Waals surface area contributed by atoms with E-state index in [9.17, 15) is 0 Å². The molecule has 20 heavy (non-hydrogen) atoms. The van der Waals surface area contributed by atoms with E-state index in [1.165, 1.54) is 0 Å². The average Bonchev–Trinajstić information content (AvgIpc) is 3.08. The number of hydrogen-bond acceptors (Lipinski definition) is 4.